The molecule has 0 aromatic carbocycles. The maximum Gasteiger partial charge on any atom is 1.00 e. The number of rotatable bonds is 0. The molecule has 0 bridgehead atoms. The van der Waals surface area contributed by atoms with Gasteiger partial charge >= 0.3 is 103 Å². The van der Waals surface area contributed by atoms with E-state index in [1.165, 1.54) is 0 Å². The van der Waals surface area contributed by atoms with E-state index in [2.05, 4.69) is 0 Å². The molecule has 0 aliphatic heterocycles. The van der Waals surface area contributed by atoms with Gasteiger partial charge in [-0.15, -0.1) is 0 Å². The van der Waals surface area contributed by atoms with Gasteiger partial charge in [-0.05, 0) is 0 Å². The molecule has 0 spiro atoms. The molecular weight excluding hydrogens is 274 g/mol. The maximum atomic E-state index is 0. The van der Waals surface area contributed by atoms with Crippen molar-refractivity contribution in [2.45, 2.75) is 0 Å². The van der Waals surface area contributed by atoms with Crippen LogP contribution in [0.1, 0.15) is 0 Å². The van der Waals surface area contributed by atoms with Gasteiger partial charge in [-0.25, -0.2) is 0 Å². The van der Waals surface area contributed by atoms with Crippen molar-refractivity contribution in [1.29, 1.82) is 0 Å². The van der Waals surface area contributed by atoms with Gasteiger partial charge in [-0.3, -0.25) is 0 Å². The summed E-state index contributed by atoms with van der Waals surface area (Å²) in [6, 6.07) is 0. The normalized spacial score (nSPS) is 0. The third-order valence-electron chi connectivity index (χ3n) is 0. The Hall–Kier alpha value is 3.96. The summed E-state index contributed by atoms with van der Waals surface area (Å²) in [7, 11) is 0. The van der Waals surface area contributed by atoms with Crippen molar-refractivity contribution in [2.24, 2.45) is 0 Å². The first-order valence-electron chi connectivity index (χ1n) is 0. The molecule has 0 rings (SSSR count). The summed E-state index contributed by atoms with van der Waals surface area (Å²) in [6.07, 6.45) is 0. The fraction of sp³-hybridized carbons (Fsp3) is 0. The molecule has 0 saturated carbocycles. The molecule has 0 aromatic heterocycles. The van der Waals surface area contributed by atoms with Crippen molar-refractivity contribution in [3.05, 3.63) is 7.43 Å². The van der Waals surface area contributed by atoms with E-state index in [0.717, 1.165) is 0 Å². The summed E-state index contributed by atoms with van der Waals surface area (Å²) >= 11 is 0. The van der Waals surface area contributed by atoms with Crippen LogP contribution in [0.15, 0.2) is 0 Å². The second-order valence-electron chi connectivity index (χ2n) is 0. The Morgan fingerprint density at radius 2 is 0.750 bits per heavy atom. The molecule has 0 atom stereocenters. The second kappa shape index (κ2) is 15.8. The summed E-state index contributed by atoms with van der Waals surface area (Å²) in [5, 5.41) is 0. The smallest absolute Gasteiger partial charge is 0.358 e. The second-order valence-corrected chi connectivity index (χ2v) is 0. The van der Waals surface area contributed by atoms with E-state index in [1.807, 2.05) is 0 Å². The molecule has 0 amide bonds. The van der Waals surface area contributed by atoms with Crippen LogP contribution in [0.25, 0.3) is 0 Å². The molecule has 0 aromatic rings. The molecule has 4 heavy (non-hydrogen) atoms. The average molecular weight is 277 g/mol. The Balaban J connectivity index is 0. The van der Waals surface area contributed by atoms with E-state index in [0.29, 0.717) is 0 Å². The van der Waals surface area contributed by atoms with Crippen molar-refractivity contribution >= 4 is 0 Å². The number of hydrogen-bond donors (Lipinski definition) is 0. The van der Waals surface area contributed by atoms with Crippen LogP contribution in [-0.4, -0.2) is 0 Å². The van der Waals surface area contributed by atoms with E-state index in [4.69, 9.17) is 0 Å². The van der Waals surface area contributed by atoms with Crippen LogP contribution in [0.5, 0.6) is 0 Å². The zero-order chi connectivity index (χ0) is 0. The van der Waals surface area contributed by atoms with E-state index >= 15 is 0 Å². The maximum absolute atomic E-state index is 0. The SMILES string of the molecule is [CH3-].[K+].[K+].[W]. The average Bonchev–Trinajstić information content (AvgIpc) is 0. The van der Waals surface area contributed by atoms with Crippen LogP contribution in [-0.2, 0) is 21.1 Å². The van der Waals surface area contributed by atoms with Gasteiger partial charge in [-0.2, -0.15) is 0 Å². The molecule has 0 aliphatic carbocycles. The topological polar surface area (TPSA) is 0 Å². The van der Waals surface area contributed by atoms with E-state index in [1.54, 1.807) is 0 Å². The summed E-state index contributed by atoms with van der Waals surface area (Å²) in [5.41, 5.74) is 0. The molecule has 0 saturated heterocycles. The van der Waals surface area contributed by atoms with E-state index in [-0.39, 0.29) is 131 Å². The Morgan fingerprint density at radius 1 is 0.750 bits per heavy atom. The monoisotopic (exact) mass is 277 g/mol. The third-order valence-corrected chi connectivity index (χ3v) is 0. The van der Waals surface area contributed by atoms with Crippen molar-refractivity contribution in [3.63, 3.8) is 0 Å². The van der Waals surface area contributed by atoms with Crippen LogP contribution in [0, 0.1) is 7.43 Å². The zero-order valence-electron chi connectivity index (χ0n) is 3.41. The minimum absolute atomic E-state index is 0. The minimum atomic E-state index is 0. The summed E-state index contributed by atoms with van der Waals surface area (Å²) < 4.78 is 0. The van der Waals surface area contributed by atoms with Gasteiger partial charge in [0.1, 0.15) is 0 Å². The Labute approximate surface area is 127 Å². The summed E-state index contributed by atoms with van der Waals surface area (Å²) in [4.78, 5) is 0. The Bertz CT molecular complexity index is 6.00. The quantitative estimate of drug-likeness (QED) is 0.306. The van der Waals surface area contributed by atoms with E-state index < -0.39 is 0 Å². The van der Waals surface area contributed by atoms with Crippen molar-refractivity contribution in [3.8, 4) is 0 Å². The van der Waals surface area contributed by atoms with Gasteiger partial charge in [-0.1, -0.05) is 0 Å². The standard InChI is InChI=1S/CH3.2K.W/h1H3;;;/q-1;2*+1;. The Kier molecular flexibility index (Phi) is 96.9. The predicted octanol–water partition coefficient (Wildman–Crippen LogP) is -5.54. The van der Waals surface area contributed by atoms with Gasteiger partial charge in [0.25, 0.3) is 0 Å². The van der Waals surface area contributed by atoms with Crippen molar-refractivity contribution in [1.82, 2.24) is 0 Å². The first-order chi connectivity index (χ1) is 0. The van der Waals surface area contributed by atoms with Gasteiger partial charge in [0.15, 0.2) is 0 Å². The fourth-order valence-corrected chi connectivity index (χ4v) is 0. The van der Waals surface area contributed by atoms with Crippen LogP contribution < -0.4 is 103 Å². The molecule has 0 radical (unpaired) electrons. The van der Waals surface area contributed by atoms with Gasteiger partial charge in [0.05, 0.1) is 0 Å². The van der Waals surface area contributed by atoms with Gasteiger partial charge in [0.2, 0.25) is 0 Å². The molecule has 0 aliphatic rings. The molecule has 3 heteroatoms. The third kappa shape index (κ3) is 9.35. The largest absolute Gasteiger partial charge is 1.00 e. The van der Waals surface area contributed by atoms with Crippen LogP contribution >= 0.6 is 0 Å². The van der Waals surface area contributed by atoms with E-state index in [9.17, 15) is 0 Å². The van der Waals surface area contributed by atoms with Gasteiger partial charge in [0, 0.05) is 21.1 Å². The first-order valence-corrected chi connectivity index (χ1v) is 0. The Morgan fingerprint density at radius 3 is 0.750 bits per heavy atom. The molecule has 0 N–H and O–H groups in total. The molecular formula is CH3K2W+. The molecule has 0 nitrogen and oxygen atoms in total. The number of hydrogen-bond acceptors (Lipinski definition) is 0. The summed E-state index contributed by atoms with van der Waals surface area (Å²) in [5.74, 6) is 0. The zero-order valence-corrected chi connectivity index (χ0v) is 12.6. The molecule has 0 unspecified atom stereocenters. The minimum Gasteiger partial charge on any atom is -0.358 e. The molecule has 0 fully saturated rings. The van der Waals surface area contributed by atoms with Crippen LogP contribution in [0.2, 0.25) is 0 Å². The van der Waals surface area contributed by atoms with Crippen LogP contribution in [0.4, 0.5) is 0 Å². The molecule has 0 heterocycles. The van der Waals surface area contributed by atoms with Crippen LogP contribution in [0.3, 0.4) is 0 Å². The summed E-state index contributed by atoms with van der Waals surface area (Å²) in [6.45, 7) is 0. The van der Waals surface area contributed by atoms with Crippen molar-refractivity contribution in [2.75, 3.05) is 0 Å². The fourth-order valence-electron chi connectivity index (χ4n) is 0. The predicted molar refractivity (Wildman–Crippen MR) is 6.41 cm³/mol. The van der Waals surface area contributed by atoms with Gasteiger partial charge < -0.3 is 7.43 Å². The first kappa shape index (κ1) is 24.6. The molecule has 14 valence electrons. The van der Waals surface area contributed by atoms with Crippen molar-refractivity contribution < 1.29 is 124 Å².